The highest BCUT2D eigenvalue weighted by Gasteiger charge is 2.19. The minimum absolute atomic E-state index is 0.300. The Labute approximate surface area is 115 Å². The Kier molecular flexibility index (Phi) is 4.10. The van der Waals surface area contributed by atoms with Gasteiger partial charge in [-0.2, -0.15) is 0 Å². The van der Waals surface area contributed by atoms with Crippen LogP contribution in [0.25, 0.3) is 0 Å². The van der Waals surface area contributed by atoms with Gasteiger partial charge in [-0.15, -0.1) is 0 Å². The van der Waals surface area contributed by atoms with Gasteiger partial charge in [0.05, 0.1) is 5.56 Å². The molecule has 2 rings (SSSR count). The summed E-state index contributed by atoms with van der Waals surface area (Å²) in [5, 5.41) is 0. The highest BCUT2D eigenvalue weighted by atomic mass is 19.2. The largest absolute Gasteiger partial charge is 0.326 e. The van der Waals surface area contributed by atoms with Gasteiger partial charge in [0.15, 0.2) is 11.6 Å². The molecule has 0 fully saturated rings. The summed E-state index contributed by atoms with van der Waals surface area (Å²) in [6, 6.07) is 10.5. The Morgan fingerprint density at radius 1 is 1.20 bits per heavy atom. The molecule has 0 atom stereocenters. The van der Waals surface area contributed by atoms with E-state index in [2.05, 4.69) is 0 Å². The van der Waals surface area contributed by atoms with E-state index in [0.29, 0.717) is 12.2 Å². The molecule has 0 aliphatic rings. The fourth-order valence-electron chi connectivity index (χ4n) is 1.86. The Hall–Kier alpha value is -2.27. The van der Waals surface area contributed by atoms with Crippen molar-refractivity contribution in [2.24, 2.45) is 5.73 Å². The summed E-state index contributed by atoms with van der Waals surface area (Å²) in [6.45, 7) is 0.337. The molecule has 5 heteroatoms. The molecule has 0 aliphatic heterocycles. The molecule has 0 radical (unpaired) electrons. The van der Waals surface area contributed by atoms with Crippen LogP contribution in [0.1, 0.15) is 15.9 Å². The lowest BCUT2D eigenvalue weighted by atomic mass is 10.1. The SMILES string of the molecule is CN(C(=O)c1cccc(F)c1F)c1cccc(CN)c1. The van der Waals surface area contributed by atoms with Crippen LogP contribution in [0, 0.1) is 11.6 Å². The van der Waals surface area contributed by atoms with Gasteiger partial charge in [-0.25, -0.2) is 8.78 Å². The molecule has 0 unspecified atom stereocenters. The lowest BCUT2D eigenvalue weighted by molar-refractivity contribution is 0.0988. The van der Waals surface area contributed by atoms with Crippen molar-refractivity contribution in [3.8, 4) is 0 Å². The van der Waals surface area contributed by atoms with E-state index in [0.717, 1.165) is 11.6 Å². The molecular formula is C15H14F2N2O. The second-order valence-electron chi connectivity index (χ2n) is 4.34. The number of anilines is 1. The van der Waals surface area contributed by atoms with Crippen LogP contribution < -0.4 is 10.6 Å². The number of hydrogen-bond donors (Lipinski definition) is 1. The zero-order valence-electron chi connectivity index (χ0n) is 10.9. The second-order valence-corrected chi connectivity index (χ2v) is 4.34. The number of carbonyl (C=O) groups is 1. The number of rotatable bonds is 3. The number of hydrogen-bond acceptors (Lipinski definition) is 2. The summed E-state index contributed by atoms with van der Waals surface area (Å²) in [4.78, 5) is 13.5. The van der Waals surface area contributed by atoms with Crippen LogP contribution >= 0.6 is 0 Å². The van der Waals surface area contributed by atoms with Gasteiger partial charge in [-0.3, -0.25) is 4.79 Å². The van der Waals surface area contributed by atoms with Crippen molar-refractivity contribution in [1.82, 2.24) is 0 Å². The number of benzene rings is 2. The summed E-state index contributed by atoms with van der Waals surface area (Å²) in [7, 11) is 1.50. The number of nitrogens with two attached hydrogens (primary N) is 1. The molecule has 0 saturated heterocycles. The van der Waals surface area contributed by atoms with Crippen molar-refractivity contribution in [2.45, 2.75) is 6.54 Å². The Morgan fingerprint density at radius 2 is 1.90 bits per heavy atom. The van der Waals surface area contributed by atoms with E-state index in [1.165, 1.54) is 24.1 Å². The monoisotopic (exact) mass is 276 g/mol. The predicted molar refractivity (Wildman–Crippen MR) is 73.4 cm³/mol. The Balaban J connectivity index is 2.35. The van der Waals surface area contributed by atoms with Crippen LogP contribution in [0.15, 0.2) is 42.5 Å². The minimum Gasteiger partial charge on any atom is -0.326 e. The van der Waals surface area contributed by atoms with Gasteiger partial charge in [-0.05, 0) is 29.8 Å². The van der Waals surface area contributed by atoms with Gasteiger partial charge in [0.25, 0.3) is 5.91 Å². The summed E-state index contributed by atoms with van der Waals surface area (Å²) in [5.41, 5.74) is 6.66. The Morgan fingerprint density at radius 3 is 2.60 bits per heavy atom. The van der Waals surface area contributed by atoms with Gasteiger partial charge in [0, 0.05) is 19.3 Å². The van der Waals surface area contributed by atoms with E-state index in [9.17, 15) is 13.6 Å². The van der Waals surface area contributed by atoms with E-state index >= 15 is 0 Å². The second kappa shape index (κ2) is 5.79. The molecule has 0 saturated carbocycles. The topological polar surface area (TPSA) is 46.3 Å². The molecule has 0 aliphatic carbocycles. The smallest absolute Gasteiger partial charge is 0.261 e. The normalized spacial score (nSPS) is 10.4. The van der Waals surface area contributed by atoms with Gasteiger partial charge < -0.3 is 10.6 Å². The molecule has 1 amide bonds. The summed E-state index contributed by atoms with van der Waals surface area (Å²) in [6.07, 6.45) is 0. The molecule has 2 N–H and O–H groups in total. The quantitative estimate of drug-likeness (QED) is 0.937. The van der Waals surface area contributed by atoms with Crippen LogP contribution in [-0.2, 0) is 6.54 Å². The van der Waals surface area contributed by atoms with Gasteiger partial charge in [-0.1, -0.05) is 18.2 Å². The average Bonchev–Trinajstić information content (AvgIpc) is 2.48. The standard InChI is InChI=1S/C15H14F2N2O/c1-19(11-5-2-4-10(8-11)9-18)15(20)12-6-3-7-13(16)14(12)17/h2-8H,9,18H2,1H3. The molecule has 2 aromatic carbocycles. The molecule has 0 bridgehead atoms. The van der Waals surface area contributed by atoms with Crippen molar-refractivity contribution in [3.05, 3.63) is 65.2 Å². The van der Waals surface area contributed by atoms with Gasteiger partial charge in [0.1, 0.15) is 0 Å². The van der Waals surface area contributed by atoms with Crippen molar-refractivity contribution in [1.29, 1.82) is 0 Å². The lowest BCUT2D eigenvalue weighted by Crippen LogP contribution is -2.27. The number of halogens is 2. The maximum atomic E-state index is 13.6. The van der Waals surface area contributed by atoms with Crippen molar-refractivity contribution >= 4 is 11.6 Å². The maximum Gasteiger partial charge on any atom is 0.261 e. The predicted octanol–water partition coefficient (Wildman–Crippen LogP) is 2.70. The zero-order chi connectivity index (χ0) is 14.7. The van der Waals surface area contributed by atoms with Crippen molar-refractivity contribution in [3.63, 3.8) is 0 Å². The number of nitrogens with zero attached hydrogens (tertiary/aromatic N) is 1. The molecule has 3 nitrogen and oxygen atoms in total. The van der Waals surface area contributed by atoms with Crippen LogP contribution in [0.5, 0.6) is 0 Å². The van der Waals surface area contributed by atoms with E-state index in [1.807, 2.05) is 6.07 Å². The van der Waals surface area contributed by atoms with E-state index in [-0.39, 0.29) is 5.56 Å². The summed E-state index contributed by atoms with van der Waals surface area (Å²) in [5.74, 6) is -2.80. The highest BCUT2D eigenvalue weighted by molar-refractivity contribution is 6.05. The zero-order valence-corrected chi connectivity index (χ0v) is 10.9. The van der Waals surface area contributed by atoms with Gasteiger partial charge >= 0.3 is 0 Å². The molecule has 0 spiro atoms. The third-order valence-electron chi connectivity index (χ3n) is 3.02. The van der Waals surface area contributed by atoms with Crippen LogP contribution in [-0.4, -0.2) is 13.0 Å². The third-order valence-corrected chi connectivity index (χ3v) is 3.02. The number of amides is 1. The van der Waals surface area contributed by atoms with E-state index < -0.39 is 17.5 Å². The third kappa shape index (κ3) is 2.67. The highest BCUT2D eigenvalue weighted by Crippen LogP contribution is 2.19. The minimum atomic E-state index is -1.14. The van der Waals surface area contributed by atoms with E-state index in [1.54, 1.807) is 18.2 Å². The first-order valence-corrected chi connectivity index (χ1v) is 6.05. The van der Waals surface area contributed by atoms with Crippen molar-refractivity contribution < 1.29 is 13.6 Å². The molecule has 2 aromatic rings. The maximum absolute atomic E-state index is 13.6. The van der Waals surface area contributed by atoms with Crippen LogP contribution in [0.3, 0.4) is 0 Å². The molecule has 104 valence electrons. The Bertz CT molecular complexity index is 644. The molecule has 0 aromatic heterocycles. The molecule has 20 heavy (non-hydrogen) atoms. The van der Waals surface area contributed by atoms with Crippen LogP contribution in [0.4, 0.5) is 14.5 Å². The van der Waals surface area contributed by atoms with E-state index in [4.69, 9.17) is 5.73 Å². The fourth-order valence-corrected chi connectivity index (χ4v) is 1.86. The molecular weight excluding hydrogens is 262 g/mol. The first-order valence-electron chi connectivity index (χ1n) is 6.05. The summed E-state index contributed by atoms with van der Waals surface area (Å²) < 4.78 is 26.8. The first kappa shape index (κ1) is 14.1. The van der Waals surface area contributed by atoms with Crippen LogP contribution in [0.2, 0.25) is 0 Å². The molecule has 0 heterocycles. The lowest BCUT2D eigenvalue weighted by Gasteiger charge is -2.18. The summed E-state index contributed by atoms with van der Waals surface area (Å²) >= 11 is 0. The fraction of sp³-hybridized carbons (Fsp3) is 0.133. The number of carbonyl (C=O) groups excluding carboxylic acids is 1. The van der Waals surface area contributed by atoms with Gasteiger partial charge in [0.2, 0.25) is 0 Å². The average molecular weight is 276 g/mol. The van der Waals surface area contributed by atoms with Crippen molar-refractivity contribution in [2.75, 3.05) is 11.9 Å². The first-order chi connectivity index (χ1) is 9.54.